The Kier molecular flexibility index (Phi) is 9.60. The van der Waals surface area contributed by atoms with Crippen LogP contribution in [0.5, 0.6) is 0 Å². The van der Waals surface area contributed by atoms with Crippen LogP contribution in [0.3, 0.4) is 0 Å². The van der Waals surface area contributed by atoms with Crippen LogP contribution in [0.4, 0.5) is 0 Å². The first-order chi connectivity index (χ1) is 11.1. The van der Waals surface area contributed by atoms with E-state index in [1.54, 1.807) is 6.08 Å². The fourth-order valence-electron chi connectivity index (χ4n) is 2.53. The number of carbonyl (C=O) groups excluding carboxylic acids is 2. The third kappa shape index (κ3) is 9.39. The first kappa shape index (κ1) is 19.7. The second-order valence-electron chi connectivity index (χ2n) is 6.10. The lowest BCUT2D eigenvalue weighted by molar-refractivity contribution is -0.291. The molecule has 0 unspecified atom stereocenters. The van der Waals surface area contributed by atoms with Crippen molar-refractivity contribution in [3.8, 4) is 0 Å². The monoisotopic (exact) mass is 326 g/mol. The van der Waals surface area contributed by atoms with Gasteiger partial charge in [0, 0.05) is 6.08 Å². The van der Waals surface area contributed by atoms with Gasteiger partial charge in [0.05, 0.1) is 12.8 Å². The Morgan fingerprint density at radius 2 is 1.39 bits per heavy atom. The Bertz CT molecular complexity index is 371. The molecule has 0 atom stereocenters. The van der Waals surface area contributed by atoms with E-state index < -0.39 is 17.9 Å². The van der Waals surface area contributed by atoms with Gasteiger partial charge in [-0.15, -0.1) is 0 Å². The van der Waals surface area contributed by atoms with Crippen molar-refractivity contribution in [1.29, 1.82) is 0 Å². The smallest absolute Gasteiger partial charge is 0.395 e. The summed E-state index contributed by atoms with van der Waals surface area (Å²) in [5, 5.41) is 9.96. The molecule has 1 rings (SSSR count). The van der Waals surface area contributed by atoms with Gasteiger partial charge in [0.2, 0.25) is 0 Å². The fraction of sp³-hybridized carbons (Fsp3) is 0.778. The highest BCUT2D eigenvalue weighted by Gasteiger charge is 2.36. The lowest BCUT2D eigenvalue weighted by atomic mass is 10.1. The van der Waals surface area contributed by atoms with E-state index >= 15 is 0 Å². The average Bonchev–Trinajstić information content (AvgIpc) is 2.63. The number of carbonyl (C=O) groups is 2. The molecule has 0 aliphatic carbocycles. The molecule has 0 saturated carbocycles. The van der Waals surface area contributed by atoms with E-state index in [2.05, 4.69) is 6.92 Å². The number of cyclic esters (lactones) is 2. The van der Waals surface area contributed by atoms with Crippen LogP contribution in [0.25, 0.3) is 0 Å². The summed E-state index contributed by atoms with van der Waals surface area (Å²) < 4.78 is 9.50. The summed E-state index contributed by atoms with van der Waals surface area (Å²) >= 11 is 0. The predicted molar refractivity (Wildman–Crippen MR) is 87.4 cm³/mol. The lowest BCUT2D eigenvalue weighted by Gasteiger charge is -2.20. The second-order valence-corrected chi connectivity index (χ2v) is 6.10. The maximum Gasteiger partial charge on any atom is 0.395 e. The molecule has 1 aliphatic heterocycles. The molecule has 23 heavy (non-hydrogen) atoms. The van der Waals surface area contributed by atoms with E-state index in [1.807, 2.05) is 0 Å². The number of aliphatic hydroxyl groups is 1. The summed E-state index contributed by atoms with van der Waals surface area (Å²) in [5.41, 5.74) is 0. The van der Waals surface area contributed by atoms with Crippen molar-refractivity contribution < 1.29 is 24.2 Å². The molecule has 1 heterocycles. The molecule has 5 nitrogen and oxygen atoms in total. The van der Waals surface area contributed by atoms with Crippen LogP contribution in [-0.4, -0.2) is 23.0 Å². The van der Waals surface area contributed by atoms with Crippen molar-refractivity contribution in [3.63, 3.8) is 0 Å². The predicted octanol–water partition coefficient (Wildman–Crippen LogP) is 3.99. The number of allylic oxidation sites excluding steroid dienone is 1. The van der Waals surface area contributed by atoms with Gasteiger partial charge in [-0.05, 0) is 12.8 Å². The zero-order valence-corrected chi connectivity index (χ0v) is 14.2. The fourth-order valence-corrected chi connectivity index (χ4v) is 2.53. The minimum absolute atomic E-state index is 0.0623. The second kappa shape index (κ2) is 11.2. The highest BCUT2D eigenvalue weighted by atomic mass is 16.8. The highest BCUT2D eigenvalue weighted by Crippen LogP contribution is 2.19. The summed E-state index contributed by atoms with van der Waals surface area (Å²) in [6.07, 6.45) is 14.8. The molecule has 1 N–H and O–H groups in total. The number of ether oxygens (including phenoxy) is 2. The SMILES string of the molecule is CCCCCCCCCCC/C=C/C1(O)OC(=O)CCC(=O)O1. The van der Waals surface area contributed by atoms with Gasteiger partial charge in [-0.25, -0.2) is 0 Å². The maximum absolute atomic E-state index is 11.3. The number of unbranched alkanes of at least 4 members (excludes halogenated alkanes) is 9. The van der Waals surface area contributed by atoms with Crippen molar-refractivity contribution in [2.45, 2.75) is 89.9 Å². The summed E-state index contributed by atoms with van der Waals surface area (Å²) in [6.45, 7) is 2.22. The molecule has 0 radical (unpaired) electrons. The van der Waals surface area contributed by atoms with E-state index in [1.165, 1.54) is 51.0 Å². The lowest BCUT2D eigenvalue weighted by Crippen LogP contribution is -2.35. The van der Waals surface area contributed by atoms with Gasteiger partial charge in [-0.2, -0.15) is 0 Å². The van der Waals surface area contributed by atoms with Crippen molar-refractivity contribution in [3.05, 3.63) is 12.2 Å². The van der Waals surface area contributed by atoms with E-state index in [0.29, 0.717) is 0 Å². The Morgan fingerprint density at radius 3 is 1.91 bits per heavy atom. The number of rotatable bonds is 11. The Morgan fingerprint density at radius 1 is 0.913 bits per heavy atom. The standard InChI is InChI=1S/C18H30O5/c1-2-3-4-5-6-7-8-9-10-11-12-15-18(21)22-16(19)13-14-17(20)23-18/h12,15,21H,2-11,13-14H2,1H3/b15-12+. The highest BCUT2D eigenvalue weighted by molar-refractivity contribution is 5.79. The van der Waals surface area contributed by atoms with Crippen LogP contribution >= 0.6 is 0 Å². The van der Waals surface area contributed by atoms with Gasteiger partial charge >= 0.3 is 17.9 Å². The van der Waals surface area contributed by atoms with Crippen LogP contribution in [0, 0.1) is 0 Å². The van der Waals surface area contributed by atoms with E-state index in [-0.39, 0.29) is 12.8 Å². The topological polar surface area (TPSA) is 72.8 Å². The first-order valence-electron chi connectivity index (χ1n) is 8.89. The molecule has 0 aromatic carbocycles. The van der Waals surface area contributed by atoms with Crippen molar-refractivity contribution in [2.75, 3.05) is 0 Å². The molecule has 1 fully saturated rings. The molecule has 0 bridgehead atoms. The molecule has 0 aromatic rings. The van der Waals surface area contributed by atoms with Gasteiger partial charge in [0.25, 0.3) is 0 Å². The number of esters is 2. The van der Waals surface area contributed by atoms with Gasteiger partial charge in [-0.1, -0.05) is 64.4 Å². The van der Waals surface area contributed by atoms with Crippen LogP contribution in [0.1, 0.15) is 84.0 Å². The number of hydrogen-bond donors (Lipinski definition) is 1. The average molecular weight is 326 g/mol. The van der Waals surface area contributed by atoms with Crippen molar-refractivity contribution in [1.82, 2.24) is 0 Å². The minimum Gasteiger partial charge on any atom is -0.395 e. The molecule has 5 heteroatoms. The number of hydrogen-bond acceptors (Lipinski definition) is 5. The molecule has 0 amide bonds. The molecular weight excluding hydrogens is 296 g/mol. The van der Waals surface area contributed by atoms with Crippen molar-refractivity contribution >= 4 is 11.9 Å². The van der Waals surface area contributed by atoms with Gasteiger partial charge in [-0.3, -0.25) is 9.59 Å². The van der Waals surface area contributed by atoms with Crippen LogP contribution < -0.4 is 0 Å². The summed E-state index contributed by atoms with van der Waals surface area (Å²) in [4.78, 5) is 22.6. The minimum atomic E-state index is -2.23. The normalized spacial score (nSPS) is 17.8. The zero-order valence-electron chi connectivity index (χ0n) is 14.2. The van der Waals surface area contributed by atoms with Gasteiger partial charge in [0.1, 0.15) is 0 Å². The van der Waals surface area contributed by atoms with Crippen molar-refractivity contribution in [2.24, 2.45) is 0 Å². The van der Waals surface area contributed by atoms with E-state index in [4.69, 9.17) is 9.47 Å². The Labute approximate surface area is 139 Å². The zero-order chi connectivity index (χ0) is 17.0. The maximum atomic E-state index is 11.3. The Hall–Kier alpha value is -1.36. The third-order valence-electron chi connectivity index (χ3n) is 3.86. The quantitative estimate of drug-likeness (QED) is 0.353. The summed E-state index contributed by atoms with van der Waals surface area (Å²) in [5.74, 6) is -3.50. The van der Waals surface area contributed by atoms with Crippen LogP contribution in [0.15, 0.2) is 12.2 Å². The first-order valence-corrected chi connectivity index (χ1v) is 8.89. The van der Waals surface area contributed by atoms with E-state index in [9.17, 15) is 14.7 Å². The van der Waals surface area contributed by atoms with Crippen LogP contribution in [-0.2, 0) is 19.1 Å². The molecule has 1 saturated heterocycles. The third-order valence-corrected chi connectivity index (χ3v) is 3.86. The Balaban J connectivity index is 2.11. The molecular formula is C18H30O5. The van der Waals surface area contributed by atoms with Gasteiger partial charge < -0.3 is 14.6 Å². The van der Waals surface area contributed by atoms with Crippen LogP contribution in [0.2, 0.25) is 0 Å². The molecule has 0 spiro atoms. The van der Waals surface area contributed by atoms with E-state index in [0.717, 1.165) is 19.3 Å². The summed E-state index contributed by atoms with van der Waals surface area (Å²) in [7, 11) is 0. The largest absolute Gasteiger partial charge is 0.395 e. The van der Waals surface area contributed by atoms with Gasteiger partial charge in [0.15, 0.2) is 0 Å². The molecule has 1 aliphatic rings. The molecule has 132 valence electrons. The molecule has 0 aromatic heterocycles. The summed E-state index contributed by atoms with van der Waals surface area (Å²) in [6, 6.07) is 0.